The number of hydrogen-bond acceptors (Lipinski definition) is 5. The molecule has 4 nitrogen and oxygen atoms in total. The maximum absolute atomic E-state index is 5.87. The highest BCUT2D eigenvalue weighted by molar-refractivity contribution is 7.15. The van der Waals surface area contributed by atoms with Crippen LogP contribution in [0.15, 0.2) is 0 Å². The van der Waals surface area contributed by atoms with Crippen molar-refractivity contribution in [1.29, 1.82) is 0 Å². The second kappa shape index (κ2) is 7.38. The zero-order chi connectivity index (χ0) is 14.5. The molecule has 1 fully saturated rings. The Morgan fingerprint density at radius 1 is 1.40 bits per heavy atom. The summed E-state index contributed by atoms with van der Waals surface area (Å²) in [6.45, 7) is 9.78. The van der Waals surface area contributed by atoms with Gasteiger partial charge in [-0.3, -0.25) is 0 Å². The fourth-order valence-electron chi connectivity index (χ4n) is 2.63. The van der Waals surface area contributed by atoms with Crippen LogP contribution in [0, 0.1) is 0 Å². The molecule has 0 aliphatic carbocycles. The fraction of sp³-hybridized carbons (Fsp3) is 0.800. The lowest BCUT2D eigenvalue weighted by Gasteiger charge is -2.20. The molecule has 1 saturated heterocycles. The van der Waals surface area contributed by atoms with Gasteiger partial charge in [0.05, 0.1) is 5.69 Å². The number of hydrogen-bond donors (Lipinski definition) is 1. The topological polar surface area (TPSA) is 45.4 Å². The van der Waals surface area contributed by atoms with Gasteiger partial charge in [0.15, 0.2) is 5.13 Å². The highest BCUT2D eigenvalue weighted by Gasteiger charge is 2.18. The van der Waals surface area contributed by atoms with Crippen LogP contribution in [0.4, 0.5) is 5.13 Å². The Balaban J connectivity index is 1.97. The minimum Gasteiger partial charge on any atom is -0.350 e. The van der Waals surface area contributed by atoms with Crippen LogP contribution in [-0.4, -0.2) is 43.1 Å². The van der Waals surface area contributed by atoms with Crippen molar-refractivity contribution in [3.63, 3.8) is 0 Å². The van der Waals surface area contributed by atoms with Crippen LogP contribution in [0.5, 0.6) is 0 Å². The number of likely N-dealkylation sites (N-methyl/N-ethyl adjacent to an activating group) is 1. The first-order chi connectivity index (χ1) is 9.65. The molecule has 0 amide bonds. The predicted octanol–water partition coefficient (Wildman–Crippen LogP) is 2.65. The van der Waals surface area contributed by atoms with Crippen LogP contribution < -0.4 is 10.6 Å². The van der Waals surface area contributed by atoms with Gasteiger partial charge in [-0.05, 0) is 38.3 Å². The van der Waals surface area contributed by atoms with E-state index in [0.717, 1.165) is 24.6 Å². The molecule has 20 heavy (non-hydrogen) atoms. The maximum Gasteiger partial charge on any atom is 0.185 e. The molecule has 1 aromatic heterocycles. The molecule has 0 bridgehead atoms. The van der Waals surface area contributed by atoms with Gasteiger partial charge in [-0.1, -0.05) is 13.8 Å². The summed E-state index contributed by atoms with van der Waals surface area (Å²) in [6, 6.07) is 0. The first-order valence-corrected chi connectivity index (χ1v) is 8.60. The Morgan fingerprint density at radius 3 is 2.70 bits per heavy atom. The van der Waals surface area contributed by atoms with Crippen molar-refractivity contribution >= 4 is 16.5 Å². The van der Waals surface area contributed by atoms with Crippen molar-refractivity contribution in [3.8, 4) is 0 Å². The molecule has 114 valence electrons. The molecule has 0 radical (unpaired) electrons. The molecule has 1 aliphatic rings. The number of aromatic nitrogens is 1. The highest BCUT2D eigenvalue weighted by atomic mass is 32.1. The average molecular weight is 296 g/mol. The van der Waals surface area contributed by atoms with E-state index in [2.05, 4.69) is 30.7 Å². The number of likely N-dealkylation sites (tertiary alicyclic amines) is 1. The quantitative estimate of drug-likeness (QED) is 0.840. The Labute approximate surface area is 127 Å². The highest BCUT2D eigenvalue weighted by Crippen LogP contribution is 2.31. The monoisotopic (exact) mass is 296 g/mol. The lowest BCUT2D eigenvalue weighted by atomic mass is 10.0. The van der Waals surface area contributed by atoms with E-state index in [1.54, 1.807) is 11.3 Å². The van der Waals surface area contributed by atoms with Gasteiger partial charge in [0.2, 0.25) is 0 Å². The van der Waals surface area contributed by atoms with Gasteiger partial charge in [0.25, 0.3) is 0 Å². The van der Waals surface area contributed by atoms with Crippen molar-refractivity contribution in [3.05, 3.63) is 10.6 Å². The molecule has 2 heterocycles. The zero-order valence-corrected chi connectivity index (χ0v) is 13.9. The number of nitrogens with two attached hydrogens (primary N) is 1. The average Bonchev–Trinajstić information content (AvgIpc) is 3.12. The lowest BCUT2D eigenvalue weighted by Crippen LogP contribution is -2.31. The Hall–Kier alpha value is -0.650. The molecule has 1 aliphatic heterocycles. The number of anilines is 1. The summed E-state index contributed by atoms with van der Waals surface area (Å²) in [7, 11) is 2.15. The van der Waals surface area contributed by atoms with Crippen molar-refractivity contribution < 1.29 is 0 Å². The van der Waals surface area contributed by atoms with Gasteiger partial charge in [-0.25, -0.2) is 4.98 Å². The Kier molecular flexibility index (Phi) is 5.81. The van der Waals surface area contributed by atoms with E-state index >= 15 is 0 Å². The summed E-state index contributed by atoms with van der Waals surface area (Å²) in [5, 5.41) is 1.12. The summed E-state index contributed by atoms with van der Waals surface area (Å²) < 4.78 is 0. The van der Waals surface area contributed by atoms with Crippen LogP contribution in [0.1, 0.15) is 49.6 Å². The van der Waals surface area contributed by atoms with E-state index in [1.807, 2.05) is 0 Å². The third-order valence-corrected chi connectivity index (χ3v) is 5.47. The van der Waals surface area contributed by atoms with Crippen molar-refractivity contribution in [2.45, 2.75) is 45.6 Å². The molecule has 1 aromatic rings. The minimum atomic E-state index is 0.505. The Bertz CT molecular complexity index is 412. The molecule has 0 spiro atoms. The van der Waals surface area contributed by atoms with Gasteiger partial charge >= 0.3 is 0 Å². The second-order valence-corrected chi connectivity index (χ2v) is 6.85. The third-order valence-electron chi connectivity index (χ3n) is 4.26. The van der Waals surface area contributed by atoms with Gasteiger partial charge < -0.3 is 15.5 Å². The zero-order valence-electron chi connectivity index (χ0n) is 13.1. The van der Waals surface area contributed by atoms with E-state index in [1.165, 1.54) is 36.5 Å². The van der Waals surface area contributed by atoms with Crippen molar-refractivity contribution in [2.24, 2.45) is 5.73 Å². The van der Waals surface area contributed by atoms with E-state index in [4.69, 9.17) is 10.7 Å². The molecule has 0 saturated carbocycles. The molecular formula is C15H28N4S. The van der Waals surface area contributed by atoms with E-state index in [9.17, 15) is 0 Å². The summed E-state index contributed by atoms with van der Waals surface area (Å²) in [5.41, 5.74) is 7.08. The maximum atomic E-state index is 5.87. The fourth-order valence-corrected chi connectivity index (χ4v) is 3.68. The number of thiazole rings is 1. The van der Waals surface area contributed by atoms with Crippen LogP contribution in [0.25, 0.3) is 0 Å². The predicted molar refractivity (Wildman–Crippen MR) is 87.7 cm³/mol. The van der Waals surface area contributed by atoms with Crippen LogP contribution in [0.3, 0.4) is 0 Å². The molecule has 1 unspecified atom stereocenters. The minimum absolute atomic E-state index is 0.505. The molecule has 5 heteroatoms. The van der Waals surface area contributed by atoms with E-state index < -0.39 is 0 Å². The van der Waals surface area contributed by atoms with Crippen molar-refractivity contribution in [1.82, 2.24) is 9.88 Å². The van der Waals surface area contributed by atoms with Gasteiger partial charge in [0.1, 0.15) is 0 Å². The molecule has 0 aromatic carbocycles. The normalized spacial score (nSPS) is 17.6. The largest absolute Gasteiger partial charge is 0.350 e. The molecule has 2 N–H and O–H groups in total. The molecule has 1 atom stereocenters. The summed E-state index contributed by atoms with van der Waals surface area (Å²) in [5.74, 6) is 0.505. The van der Waals surface area contributed by atoms with Gasteiger partial charge in [-0.15, -0.1) is 11.3 Å². The second-order valence-electron chi connectivity index (χ2n) is 5.79. The first kappa shape index (κ1) is 15.7. The summed E-state index contributed by atoms with van der Waals surface area (Å²) in [6.07, 6.45) is 3.83. The molecular weight excluding hydrogens is 268 g/mol. The summed E-state index contributed by atoms with van der Waals surface area (Å²) >= 11 is 1.77. The van der Waals surface area contributed by atoms with Crippen LogP contribution >= 0.6 is 11.3 Å². The third kappa shape index (κ3) is 3.71. The smallest absolute Gasteiger partial charge is 0.185 e. The summed E-state index contributed by atoms with van der Waals surface area (Å²) in [4.78, 5) is 10.9. The Morgan fingerprint density at radius 2 is 2.10 bits per heavy atom. The SMILES string of the molecule is CCC(C)c1nc(N(C)CCN2CCCC2)sc1CN. The molecule has 2 rings (SSSR count). The van der Waals surface area contributed by atoms with Crippen molar-refractivity contribution in [2.75, 3.05) is 38.1 Å². The van der Waals surface area contributed by atoms with Crippen LogP contribution in [0.2, 0.25) is 0 Å². The van der Waals surface area contributed by atoms with Crippen LogP contribution in [-0.2, 0) is 6.54 Å². The lowest BCUT2D eigenvalue weighted by molar-refractivity contribution is 0.346. The first-order valence-electron chi connectivity index (χ1n) is 7.78. The van der Waals surface area contributed by atoms with Gasteiger partial charge in [-0.2, -0.15) is 0 Å². The number of rotatable bonds is 7. The van der Waals surface area contributed by atoms with Gasteiger partial charge in [0, 0.05) is 31.6 Å². The standard InChI is InChI=1S/C15H28N4S/c1-4-12(2)14-13(11-16)20-15(17-14)18(3)9-10-19-7-5-6-8-19/h12H,4-11,16H2,1-3H3. The number of nitrogens with zero attached hydrogens (tertiary/aromatic N) is 3. The van der Waals surface area contributed by atoms with E-state index in [0.29, 0.717) is 12.5 Å². The van der Waals surface area contributed by atoms with E-state index in [-0.39, 0.29) is 0 Å².